The molecule has 0 atom stereocenters. The van der Waals surface area contributed by atoms with Gasteiger partial charge in [0, 0.05) is 6.54 Å². The van der Waals surface area contributed by atoms with Crippen LogP contribution in [0.25, 0.3) is 0 Å². The number of anilines is 1. The Bertz CT molecular complexity index is 897. The van der Waals surface area contributed by atoms with E-state index in [1.165, 1.54) is 25.3 Å². The first-order valence-corrected chi connectivity index (χ1v) is 10.1. The van der Waals surface area contributed by atoms with Gasteiger partial charge in [-0.25, -0.2) is 17.9 Å². The van der Waals surface area contributed by atoms with Crippen LogP contribution < -0.4 is 19.5 Å². The smallest absolute Gasteiger partial charge is 0.411 e. The van der Waals surface area contributed by atoms with Crippen molar-refractivity contribution >= 4 is 21.8 Å². The number of rotatable bonds is 9. The van der Waals surface area contributed by atoms with Gasteiger partial charge in [-0.05, 0) is 49.2 Å². The molecule has 0 radical (unpaired) electrons. The van der Waals surface area contributed by atoms with Gasteiger partial charge in [-0.2, -0.15) is 0 Å². The van der Waals surface area contributed by atoms with Crippen molar-refractivity contribution in [3.63, 3.8) is 0 Å². The SMILES string of the molecule is CCOC(=O)Nc1cc(S(=O)(=O)NCCc2ccc(OC)cc2)ccc1OC. The topological polar surface area (TPSA) is 103 Å². The molecule has 2 N–H and O–H groups in total. The summed E-state index contributed by atoms with van der Waals surface area (Å²) in [5, 5.41) is 2.48. The molecular formula is C19H24N2O6S. The number of hydrogen-bond donors (Lipinski definition) is 2. The highest BCUT2D eigenvalue weighted by Gasteiger charge is 2.17. The Morgan fingerprint density at radius 2 is 1.75 bits per heavy atom. The fourth-order valence-corrected chi connectivity index (χ4v) is 3.49. The third-order valence-corrected chi connectivity index (χ3v) is 5.32. The number of ether oxygens (including phenoxy) is 3. The van der Waals surface area contributed by atoms with Crippen LogP contribution in [0.4, 0.5) is 10.5 Å². The van der Waals surface area contributed by atoms with Crippen LogP contribution in [0.15, 0.2) is 47.4 Å². The second-order valence-corrected chi connectivity index (χ2v) is 7.47. The van der Waals surface area contributed by atoms with Crippen LogP contribution in [0, 0.1) is 0 Å². The average molecular weight is 408 g/mol. The second kappa shape index (κ2) is 9.95. The predicted octanol–water partition coefficient (Wildman–Crippen LogP) is 2.79. The summed E-state index contributed by atoms with van der Waals surface area (Å²) in [6.45, 7) is 2.09. The van der Waals surface area contributed by atoms with E-state index >= 15 is 0 Å². The highest BCUT2D eigenvalue weighted by atomic mass is 32.2. The Kier molecular flexibility index (Phi) is 7.65. The third kappa shape index (κ3) is 5.86. The highest BCUT2D eigenvalue weighted by molar-refractivity contribution is 7.89. The van der Waals surface area contributed by atoms with E-state index in [1.807, 2.05) is 24.3 Å². The highest BCUT2D eigenvalue weighted by Crippen LogP contribution is 2.27. The lowest BCUT2D eigenvalue weighted by Gasteiger charge is -2.13. The van der Waals surface area contributed by atoms with E-state index in [4.69, 9.17) is 14.2 Å². The predicted molar refractivity (Wildman–Crippen MR) is 106 cm³/mol. The van der Waals surface area contributed by atoms with E-state index in [1.54, 1.807) is 14.0 Å². The number of sulfonamides is 1. The molecule has 8 nitrogen and oxygen atoms in total. The first kappa shape index (κ1) is 21.5. The minimum absolute atomic E-state index is 0.00910. The normalized spacial score (nSPS) is 11.0. The molecule has 0 aromatic heterocycles. The molecule has 0 heterocycles. The lowest BCUT2D eigenvalue weighted by atomic mass is 10.1. The van der Waals surface area contributed by atoms with Crippen molar-refractivity contribution < 1.29 is 27.4 Å². The summed E-state index contributed by atoms with van der Waals surface area (Å²) in [6, 6.07) is 11.6. The van der Waals surface area contributed by atoms with Crippen LogP contribution in [-0.2, 0) is 21.2 Å². The number of methoxy groups -OCH3 is 2. The first-order valence-electron chi connectivity index (χ1n) is 8.64. The van der Waals surface area contributed by atoms with Crippen molar-refractivity contribution in [2.45, 2.75) is 18.2 Å². The molecule has 0 fully saturated rings. The molecule has 0 aliphatic carbocycles. The molecule has 2 aromatic rings. The van der Waals surface area contributed by atoms with Crippen molar-refractivity contribution in [3.05, 3.63) is 48.0 Å². The molecule has 2 aromatic carbocycles. The van der Waals surface area contributed by atoms with Gasteiger partial charge in [0.15, 0.2) is 0 Å². The molecule has 28 heavy (non-hydrogen) atoms. The van der Waals surface area contributed by atoms with Crippen LogP contribution in [0.5, 0.6) is 11.5 Å². The van der Waals surface area contributed by atoms with Crippen molar-refractivity contribution in [2.75, 3.05) is 32.7 Å². The van der Waals surface area contributed by atoms with Gasteiger partial charge in [0.25, 0.3) is 0 Å². The summed E-state index contributed by atoms with van der Waals surface area (Å²) in [7, 11) is -0.751. The first-order chi connectivity index (χ1) is 13.4. The number of carbonyl (C=O) groups is 1. The maximum Gasteiger partial charge on any atom is 0.411 e. The molecule has 0 saturated carbocycles. The monoisotopic (exact) mass is 408 g/mol. The molecule has 0 aliphatic heterocycles. The number of hydrogen-bond acceptors (Lipinski definition) is 6. The van der Waals surface area contributed by atoms with Crippen molar-refractivity contribution in [1.82, 2.24) is 4.72 Å². The molecule has 1 amide bonds. The van der Waals surface area contributed by atoms with Crippen molar-refractivity contribution in [1.29, 1.82) is 0 Å². The zero-order valence-corrected chi connectivity index (χ0v) is 16.8. The maximum atomic E-state index is 12.6. The van der Waals surface area contributed by atoms with Gasteiger partial charge in [-0.1, -0.05) is 12.1 Å². The van der Waals surface area contributed by atoms with Gasteiger partial charge in [0.2, 0.25) is 10.0 Å². The van der Waals surface area contributed by atoms with E-state index in [0.29, 0.717) is 12.2 Å². The van der Waals surface area contributed by atoms with E-state index in [-0.39, 0.29) is 23.7 Å². The number of nitrogens with one attached hydrogen (secondary N) is 2. The Morgan fingerprint density at radius 3 is 2.36 bits per heavy atom. The zero-order valence-electron chi connectivity index (χ0n) is 16.0. The molecule has 9 heteroatoms. The van der Waals surface area contributed by atoms with Gasteiger partial charge >= 0.3 is 6.09 Å². The average Bonchev–Trinajstić information content (AvgIpc) is 2.68. The standard InChI is InChI=1S/C19H24N2O6S/c1-4-27-19(22)21-17-13-16(9-10-18(17)26-3)28(23,24)20-12-11-14-5-7-15(25-2)8-6-14/h5-10,13,20H,4,11-12H2,1-3H3,(H,21,22). The van der Waals surface area contributed by atoms with E-state index in [2.05, 4.69) is 10.0 Å². The summed E-state index contributed by atoms with van der Waals surface area (Å²) in [4.78, 5) is 11.7. The molecule has 2 rings (SSSR count). The van der Waals surface area contributed by atoms with Gasteiger partial charge in [-0.3, -0.25) is 5.32 Å². The van der Waals surface area contributed by atoms with Crippen molar-refractivity contribution in [3.8, 4) is 11.5 Å². The zero-order chi connectivity index (χ0) is 20.6. The summed E-state index contributed by atoms with van der Waals surface area (Å²) in [5.41, 5.74) is 1.18. The van der Waals surface area contributed by atoms with Crippen LogP contribution in [0.1, 0.15) is 12.5 Å². The van der Waals surface area contributed by atoms with Crippen LogP contribution in [0.2, 0.25) is 0 Å². The number of carbonyl (C=O) groups excluding carboxylic acids is 1. The molecule has 0 spiro atoms. The quantitative estimate of drug-likeness (QED) is 0.661. The van der Waals surface area contributed by atoms with E-state index < -0.39 is 16.1 Å². The fraction of sp³-hybridized carbons (Fsp3) is 0.316. The minimum atomic E-state index is -3.76. The Labute approximate surface area is 164 Å². The summed E-state index contributed by atoms with van der Waals surface area (Å²) in [6.07, 6.45) is -0.171. The second-order valence-electron chi connectivity index (χ2n) is 5.70. The van der Waals surface area contributed by atoms with E-state index in [9.17, 15) is 13.2 Å². The van der Waals surface area contributed by atoms with Gasteiger partial charge in [0.05, 0.1) is 31.4 Å². The Morgan fingerprint density at radius 1 is 1.04 bits per heavy atom. The lowest BCUT2D eigenvalue weighted by molar-refractivity contribution is 0.168. The van der Waals surface area contributed by atoms with Crippen LogP contribution in [0.3, 0.4) is 0 Å². The van der Waals surface area contributed by atoms with Gasteiger partial charge < -0.3 is 14.2 Å². The third-order valence-electron chi connectivity index (χ3n) is 3.86. The van der Waals surface area contributed by atoms with Crippen LogP contribution >= 0.6 is 0 Å². The number of amides is 1. The maximum absolute atomic E-state index is 12.6. The van der Waals surface area contributed by atoms with Crippen LogP contribution in [-0.4, -0.2) is 41.9 Å². The lowest BCUT2D eigenvalue weighted by Crippen LogP contribution is -2.26. The minimum Gasteiger partial charge on any atom is -0.497 e. The van der Waals surface area contributed by atoms with Gasteiger partial charge in [0.1, 0.15) is 11.5 Å². The molecule has 0 bridgehead atoms. The summed E-state index contributed by atoms with van der Waals surface area (Å²) in [5.74, 6) is 1.06. The van der Waals surface area contributed by atoms with Gasteiger partial charge in [-0.15, -0.1) is 0 Å². The Hall–Kier alpha value is -2.78. The molecular weight excluding hydrogens is 384 g/mol. The molecule has 0 aliphatic rings. The molecule has 0 unspecified atom stereocenters. The summed E-state index contributed by atoms with van der Waals surface area (Å²) >= 11 is 0. The van der Waals surface area contributed by atoms with Crippen molar-refractivity contribution in [2.24, 2.45) is 0 Å². The Balaban J connectivity index is 2.07. The molecule has 0 saturated heterocycles. The molecule has 152 valence electrons. The summed E-state index contributed by atoms with van der Waals surface area (Å²) < 4.78 is 42.8. The number of benzene rings is 2. The fourth-order valence-electron chi connectivity index (χ4n) is 2.43. The largest absolute Gasteiger partial charge is 0.497 e. The van der Waals surface area contributed by atoms with E-state index in [0.717, 1.165) is 11.3 Å².